The van der Waals surface area contributed by atoms with Crippen molar-refractivity contribution in [2.75, 3.05) is 20.2 Å². The van der Waals surface area contributed by atoms with Crippen LogP contribution in [0.2, 0.25) is 0 Å². The van der Waals surface area contributed by atoms with Gasteiger partial charge in [-0.15, -0.1) is 0 Å². The number of hydrogen-bond acceptors (Lipinski definition) is 9. The van der Waals surface area contributed by atoms with Crippen molar-refractivity contribution < 1.29 is 43.0 Å². The average Bonchev–Trinajstić information content (AvgIpc) is 3.46. The van der Waals surface area contributed by atoms with E-state index in [-0.39, 0.29) is 55.8 Å². The molecule has 2 aliphatic rings. The molecule has 0 bridgehead atoms. The average molecular weight is 686 g/mol. The van der Waals surface area contributed by atoms with Gasteiger partial charge in [0.05, 0.1) is 13.7 Å². The Morgan fingerprint density at radius 3 is 2.20 bits per heavy atom. The lowest BCUT2D eigenvalue weighted by atomic mass is 9.88. The Hall–Kier alpha value is -3.96. The highest BCUT2D eigenvalue weighted by Crippen LogP contribution is 2.27. The number of likely N-dealkylation sites (tertiary alicyclic amines) is 1. The Morgan fingerprint density at radius 1 is 0.939 bits per heavy atom. The Balaban J connectivity index is 1.61. The fraction of sp³-hybridized carbons (Fsp3) is 0.676. The normalized spacial score (nSPS) is 18.8. The molecule has 0 aliphatic carbocycles. The van der Waals surface area contributed by atoms with Crippen LogP contribution in [-0.2, 0) is 51.1 Å². The molecule has 2 heterocycles. The molecule has 0 radical (unpaired) electrons. The van der Waals surface area contributed by atoms with E-state index in [4.69, 9.17) is 14.2 Å². The number of Topliss-reactive ketones (excluding diaryl/α,β-unsaturated/α-hetero) is 1. The number of methoxy groups -OCH3 is 1. The van der Waals surface area contributed by atoms with Gasteiger partial charge in [0.25, 0.3) is 0 Å². The first-order valence-corrected chi connectivity index (χ1v) is 17.4. The molecule has 0 saturated carbocycles. The molecule has 4 atom stereocenters. The van der Waals surface area contributed by atoms with Gasteiger partial charge in [-0.2, -0.15) is 0 Å². The number of rotatable bonds is 14. The summed E-state index contributed by atoms with van der Waals surface area (Å²) in [6.07, 6.45) is 0.973. The maximum Gasteiger partial charge on any atom is 0.410 e. The predicted octanol–water partition coefficient (Wildman–Crippen LogP) is 4.60. The molecule has 49 heavy (non-hydrogen) atoms. The number of nitrogens with one attached hydrogen (secondary N) is 1. The zero-order chi connectivity index (χ0) is 36.5. The number of carbonyl (C=O) groups excluding carboxylic acids is 6. The third-order valence-corrected chi connectivity index (χ3v) is 9.00. The first-order chi connectivity index (χ1) is 23.0. The number of amides is 3. The van der Waals surface area contributed by atoms with E-state index < -0.39 is 53.6 Å². The lowest BCUT2D eigenvalue weighted by Gasteiger charge is -2.31. The van der Waals surface area contributed by atoms with Crippen LogP contribution in [0.5, 0.6) is 0 Å². The number of fused-ring (bicyclic) bond motifs is 1. The Labute approximate surface area is 290 Å². The van der Waals surface area contributed by atoms with E-state index in [1.54, 1.807) is 39.5 Å². The summed E-state index contributed by atoms with van der Waals surface area (Å²) in [7, 11) is 1.24. The molecule has 3 amide bonds. The standard InChI is InChI=1S/C37H55N3O9/c1-23(2)29(19-27(41)15-11-12-16-31(42)49-37(5,6)7)33(43)38-32(24(3)4)34(44)40-22-28(20-30(40)35(45)47-8)48-36(46)39-18-17-25-13-9-10-14-26(25)21-39/h9-10,13-14,23-24,28-30,32H,11-12,15-22H2,1-8H3,(H,38,43)/t28-,29+,30+,32?/m1/s1. The van der Waals surface area contributed by atoms with Gasteiger partial charge in [-0.1, -0.05) is 52.0 Å². The summed E-state index contributed by atoms with van der Waals surface area (Å²) in [6, 6.07) is 5.95. The number of carbonyl (C=O) groups is 6. The second kappa shape index (κ2) is 17.6. The molecule has 1 saturated heterocycles. The lowest BCUT2D eigenvalue weighted by Crippen LogP contribution is -2.55. The van der Waals surface area contributed by atoms with Crippen LogP contribution in [-0.4, -0.2) is 89.4 Å². The van der Waals surface area contributed by atoms with Gasteiger partial charge in [0.1, 0.15) is 29.6 Å². The summed E-state index contributed by atoms with van der Waals surface area (Å²) < 4.78 is 16.1. The number of nitrogens with zero attached hydrogens (tertiary/aromatic N) is 2. The summed E-state index contributed by atoms with van der Waals surface area (Å²) in [6.45, 7) is 13.6. The highest BCUT2D eigenvalue weighted by molar-refractivity contribution is 5.93. The van der Waals surface area contributed by atoms with E-state index in [1.165, 1.54) is 17.6 Å². The Kier molecular flexibility index (Phi) is 14.2. The van der Waals surface area contributed by atoms with Gasteiger partial charge < -0.3 is 29.3 Å². The largest absolute Gasteiger partial charge is 0.467 e. The van der Waals surface area contributed by atoms with E-state index in [0.717, 1.165) is 5.56 Å². The maximum absolute atomic E-state index is 14.0. The van der Waals surface area contributed by atoms with Gasteiger partial charge >= 0.3 is 18.0 Å². The number of esters is 2. The van der Waals surface area contributed by atoms with Gasteiger partial charge in [-0.3, -0.25) is 19.2 Å². The Bertz CT molecular complexity index is 1350. The molecular weight excluding hydrogens is 630 g/mol. The van der Waals surface area contributed by atoms with Crippen LogP contribution in [0.4, 0.5) is 4.79 Å². The van der Waals surface area contributed by atoms with E-state index >= 15 is 0 Å². The minimum absolute atomic E-state index is 0.00242. The first kappa shape index (κ1) is 39.5. The predicted molar refractivity (Wildman–Crippen MR) is 182 cm³/mol. The van der Waals surface area contributed by atoms with Crippen molar-refractivity contribution in [2.24, 2.45) is 17.8 Å². The molecule has 1 aromatic rings. The molecule has 1 N–H and O–H groups in total. The number of ketones is 1. The van der Waals surface area contributed by atoms with Crippen LogP contribution in [0.1, 0.15) is 98.1 Å². The molecule has 3 rings (SSSR count). The molecule has 0 spiro atoms. The van der Waals surface area contributed by atoms with Crippen molar-refractivity contribution in [2.45, 2.75) is 124 Å². The quantitative estimate of drug-likeness (QED) is 0.169. The second-order valence-corrected chi connectivity index (χ2v) is 14.8. The molecule has 272 valence electrons. The van der Waals surface area contributed by atoms with Gasteiger partial charge in [0.2, 0.25) is 11.8 Å². The van der Waals surface area contributed by atoms with Crippen LogP contribution in [0, 0.1) is 17.8 Å². The zero-order valence-electron chi connectivity index (χ0n) is 30.4. The highest BCUT2D eigenvalue weighted by atomic mass is 16.6. The summed E-state index contributed by atoms with van der Waals surface area (Å²) in [5.41, 5.74) is 1.68. The van der Waals surface area contributed by atoms with Crippen LogP contribution in [0.25, 0.3) is 0 Å². The second-order valence-electron chi connectivity index (χ2n) is 14.8. The number of ether oxygens (including phenoxy) is 3. The van der Waals surface area contributed by atoms with E-state index in [1.807, 2.05) is 38.1 Å². The first-order valence-electron chi connectivity index (χ1n) is 17.4. The van der Waals surface area contributed by atoms with Crippen molar-refractivity contribution in [1.82, 2.24) is 15.1 Å². The Morgan fingerprint density at radius 2 is 1.59 bits per heavy atom. The summed E-state index contributed by atoms with van der Waals surface area (Å²) in [5, 5.41) is 2.87. The van der Waals surface area contributed by atoms with Crippen LogP contribution in [0.15, 0.2) is 24.3 Å². The summed E-state index contributed by atoms with van der Waals surface area (Å²) in [5.74, 6) is -3.16. The maximum atomic E-state index is 14.0. The fourth-order valence-corrected chi connectivity index (χ4v) is 6.27. The fourth-order valence-electron chi connectivity index (χ4n) is 6.27. The number of unbranched alkanes of at least 4 members (excludes halogenated alkanes) is 1. The monoisotopic (exact) mass is 685 g/mol. The van der Waals surface area contributed by atoms with Crippen molar-refractivity contribution in [3.05, 3.63) is 35.4 Å². The molecule has 2 aliphatic heterocycles. The van der Waals surface area contributed by atoms with Crippen LogP contribution >= 0.6 is 0 Å². The van der Waals surface area contributed by atoms with E-state index in [2.05, 4.69) is 5.32 Å². The molecule has 1 fully saturated rings. The van der Waals surface area contributed by atoms with Gasteiger partial charge in [0, 0.05) is 44.7 Å². The summed E-state index contributed by atoms with van der Waals surface area (Å²) in [4.78, 5) is 81.4. The van der Waals surface area contributed by atoms with E-state index in [9.17, 15) is 28.8 Å². The molecule has 12 nitrogen and oxygen atoms in total. The van der Waals surface area contributed by atoms with E-state index in [0.29, 0.717) is 32.4 Å². The minimum atomic E-state index is -0.988. The van der Waals surface area contributed by atoms with Crippen LogP contribution < -0.4 is 5.32 Å². The lowest BCUT2D eigenvalue weighted by molar-refractivity contribution is -0.155. The topological polar surface area (TPSA) is 149 Å². The number of benzene rings is 1. The van der Waals surface area contributed by atoms with Crippen molar-refractivity contribution in [3.63, 3.8) is 0 Å². The number of hydrogen-bond donors (Lipinski definition) is 1. The smallest absolute Gasteiger partial charge is 0.410 e. The zero-order valence-corrected chi connectivity index (χ0v) is 30.4. The highest BCUT2D eigenvalue weighted by Gasteiger charge is 2.45. The van der Waals surface area contributed by atoms with Gasteiger partial charge in [-0.05, 0) is 63.0 Å². The molecule has 1 aromatic carbocycles. The molecule has 12 heteroatoms. The van der Waals surface area contributed by atoms with Gasteiger partial charge in [-0.25, -0.2) is 9.59 Å². The third-order valence-electron chi connectivity index (χ3n) is 9.00. The third kappa shape index (κ3) is 11.6. The molecule has 0 aromatic heterocycles. The van der Waals surface area contributed by atoms with Crippen molar-refractivity contribution in [3.8, 4) is 0 Å². The summed E-state index contributed by atoms with van der Waals surface area (Å²) >= 11 is 0. The molecule has 1 unspecified atom stereocenters. The van der Waals surface area contributed by atoms with Gasteiger partial charge in [0.15, 0.2) is 0 Å². The minimum Gasteiger partial charge on any atom is -0.467 e. The SMILES string of the molecule is COC(=O)[C@@H]1C[C@@H](OC(=O)N2CCc3ccccc3C2)CN1C(=O)C(NC(=O)[C@@H](CC(=O)CCCCC(=O)OC(C)(C)C)C(C)C)C(C)C. The molecular formula is C37H55N3O9. The van der Waals surface area contributed by atoms with Crippen molar-refractivity contribution >= 4 is 35.6 Å². The van der Waals surface area contributed by atoms with Crippen LogP contribution in [0.3, 0.4) is 0 Å². The van der Waals surface area contributed by atoms with Crippen molar-refractivity contribution in [1.29, 1.82) is 0 Å².